The number of hydrogen-bond donors (Lipinski definition) is 1. The zero-order valence-electron chi connectivity index (χ0n) is 15.0. The fourth-order valence-electron chi connectivity index (χ4n) is 2.45. The van der Waals surface area contributed by atoms with Gasteiger partial charge in [0, 0.05) is 16.8 Å². The monoisotopic (exact) mass is 413 g/mol. The molecular formula is C22H17Cl2NO3. The summed E-state index contributed by atoms with van der Waals surface area (Å²) >= 11 is 11.8. The smallest absolute Gasteiger partial charge is 0.255 e. The van der Waals surface area contributed by atoms with Crippen molar-refractivity contribution in [1.82, 2.24) is 0 Å². The molecular weight excluding hydrogens is 397 g/mol. The molecule has 0 aliphatic heterocycles. The number of carbonyl (C=O) groups excluding carboxylic acids is 2. The number of hydrogen-bond acceptors (Lipinski definition) is 3. The van der Waals surface area contributed by atoms with E-state index in [0.717, 1.165) is 5.56 Å². The highest BCUT2D eigenvalue weighted by Gasteiger charge is 2.10. The zero-order chi connectivity index (χ0) is 20.1. The summed E-state index contributed by atoms with van der Waals surface area (Å²) in [4.78, 5) is 24.4. The third-order valence-electron chi connectivity index (χ3n) is 4.04. The van der Waals surface area contributed by atoms with Crippen LogP contribution in [-0.2, 0) is 0 Å². The second-order valence-corrected chi connectivity index (χ2v) is 7.00. The Morgan fingerprint density at radius 1 is 0.857 bits per heavy atom. The van der Waals surface area contributed by atoms with Crippen LogP contribution in [0.5, 0.6) is 5.75 Å². The second kappa shape index (κ2) is 8.91. The van der Waals surface area contributed by atoms with Crippen LogP contribution in [0.3, 0.4) is 0 Å². The van der Waals surface area contributed by atoms with Gasteiger partial charge in [-0.2, -0.15) is 0 Å². The Morgan fingerprint density at radius 2 is 1.50 bits per heavy atom. The van der Waals surface area contributed by atoms with E-state index < -0.39 is 0 Å². The minimum atomic E-state index is -0.304. The molecule has 0 aliphatic rings. The molecule has 3 aromatic carbocycles. The van der Waals surface area contributed by atoms with Crippen LogP contribution in [0.15, 0.2) is 66.7 Å². The average molecular weight is 414 g/mol. The molecule has 0 unspecified atom stereocenters. The van der Waals surface area contributed by atoms with E-state index in [1.54, 1.807) is 48.5 Å². The van der Waals surface area contributed by atoms with Gasteiger partial charge >= 0.3 is 0 Å². The molecule has 0 aliphatic carbocycles. The number of halogens is 2. The van der Waals surface area contributed by atoms with E-state index in [0.29, 0.717) is 32.6 Å². The van der Waals surface area contributed by atoms with Crippen LogP contribution in [0.2, 0.25) is 10.0 Å². The SMILES string of the molecule is Cc1ccc(C(=O)COc2ccc(NC(=O)c3ccc(Cl)c(Cl)c3)cc2)cc1. The van der Waals surface area contributed by atoms with Crippen molar-refractivity contribution in [3.05, 3.63) is 93.5 Å². The van der Waals surface area contributed by atoms with Gasteiger partial charge in [0.2, 0.25) is 0 Å². The predicted octanol–water partition coefficient (Wildman–Crippen LogP) is 5.82. The molecule has 142 valence electrons. The lowest BCUT2D eigenvalue weighted by Gasteiger charge is -2.09. The average Bonchev–Trinajstić information content (AvgIpc) is 2.69. The summed E-state index contributed by atoms with van der Waals surface area (Å²) in [6, 6.07) is 18.8. The van der Waals surface area contributed by atoms with Gasteiger partial charge in [0.1, 0.15) is 5.75 Å². The van der Waals surface area contributed by atoms with Crippen LogP contribution in [0.4, 0.5) is 5.69 Å². The number of carbonyl (C=O) groups is 2. The summed E-state index contributed by atoms with van der Waals surface area (Å²) in [6.45, 7) is 1.91. The largest absolute Gasteiger partial charge is 0.485 e. The normalized spacial score (nSPS) is 10.4. The highest BCUT2D eigenvalue weighted by atomic mass is 35.5. The maximum absolute atomic E-state index is 12.3. The number of ketones is 1. The summed E-state index contributed by atoms with van der Waals surface area (Å²) in [7, 11) is 0. The minimum Gasteiger partial charge on any atom is -0.485 e. The Balaban J connectivity index is 1.57. The van der Waals surface area contributed by atoms with Crippen molar-refractivity contribution in [2.75, 3.05) is 11.9 Å². The number of Topliss-reactive ketones (excluding diaryl/α,β-unsaturated/α-hetero) is 1. The van der Waals surface area contributed by atoms with Crippen molar-refractivity contribution in [2.45, 2.75) is 6.92 Å². The molecule has 0 heterocycles. The van der Waals surface area contributed by atoms with Gasteiger partial charge in [-0.25, -0.2) is 0 Å². The van der Waals surface area contributed by atoms with Crippen molar-refractivity contribution < 1.29 is 14.3 Å². The molecule has 1 amide bonds. The van der Waals surface area contributed by atoms with Crippen LogP contribution < -0.4 is 10.1 Å². The molecule has 4 nitrogen and oxygen atoms in total. The van der Waals surface area contributed by atoms with Crippen molar-refractivity contribution in [2.24, 2.45) is 0 Å². The molecule has 3 aromatic rings. The van der Waals surface area contributed by atoms with Crippen LogP contribution in [-0.4, -0.2) is 18.3 Å². The molecule has 0 atom stereocenters. The molecule has 0 saturated carbocycles. The lowest BCUT2D eigenvalue weighted by molar-refractivity contribution is 0.0921. The molecule has 6 heteroatoms. The van der Waals surface area contributed by atoms with Gasteiger partial charge in [-0.15, -0.1) is 0 Å². The molecule has 3 rings (SSSR count). The van der Waals surface area contributed by atoms with E-state index in [9.17, 15) is 9.59 Å². The summed E-state index contributed by atoms with van der Waals surface area (Å²) in [5.74, 6) is 0.131. The van der Waals surface area contributed by atoms with Gasteiger partial charge in [0.15, 0.2) is 12.4 Å². The molecule has 0 saturated heterocycles. The van der Waals surface area contributed by atoms with E-state index in [1.165, 1.54) is 6.07 Å². The molecule has 0 spiro atoms. The Labute approximate surface area is 173 Å². The summed E-state index contributed by atoms with van der Waals surface area (Å²) < 4.78 is 5.53. The first-order valence-electron chi connectivity index (χ1n) is 8.51. The lowest BCUT2D eigenvalue weighted by Crippen LogP contribution is -2.12. The Bertz CT molecular complexity index is 999. The number of benzene rings is 3. The molecule has 0 aromatic heterocycles. The molecule has 0 radical (unpaired) electrons. The van der Waals surface area contributed by atoms with Crippen LogP contribution >= 0.6 is 23.2 Å². The third-order valence-corrected chi connectivity index (χ3v) is 4.78. The van der Waals surface area contributed by atoms with Crippen molar-refractivity contribution in [1.29, 1.82) is 0 Å². The number of amides is 1. The number of ether oxygens (including phenoxy) is 1. The van der Waals surface area contributed by atoms with E-state index in [-0.39, 0.29) is 18.3 Å². The van der Waals surface area contributed by atoms with E-state index in [1.807, 2.05) is 19.1 Å². The van der Waals surface area contributed by atoms with Gasteiger partial charge in [-0.1, -0.05) is 53.0 Å². The number of anilines is 1. The molecule has 0 fully saturated rings. The maximum Gasteiger partial charge on any atom is 0.255 e. The Hall–Kier alpha value is -2.82. The molecule has 1 N–H and O–H groups in total. The standard InChI is InChI=1S/C22H17Cl2NO3/c1-14-2-4-15(5-3-14)21(26)13-28-18-9-7-17(8-10-18)25-22(27)16-6-11-19(23)20(24)12-16/h2-12H,13H2,1H3,(H,25,27). The van der Waals surface area contributed by atoms with Crippen molar-refractivity contribution in [3.8, 4) is 5.75 Å². The van der Waals surface area contributed by atoms with Gasteiger partial charge in [0.05, 0.1) is 10.0 Å². The first kappa shape index (κ1) is 19.9. The first-order valence-corrected chi connectivity index (χ1v) is 9.27. The molecule has 0 bridgehead atoms. The number of aryl methyl sites for hydroxylation is 1. The first-order chi connectivity index (χ1) is 13.4. The second-order valence-electron chi connectivity index (χ2n) is 6.19. The van der Waals surface area contributed by atoms with Gasteiger partial charge < -0.3 is 10.1 Å². The zero-order valence-corrected chi connectivity index (χ0v) is 16.6. The number of nitrogens with one attached hydrogen (secondary N) is 1. The Morgan fingerprint density at radius 3 is 2.14 bits per heavy atom. The van der Waals surface area contributed by atoms with Gasteiger partial charge in [-0.3, -0.25) is 9.59 Å². The predicted molar refractivity (Wildman–Crippen MR) is 112 cm³/mol. The maximum atomic E-state index is 12.3. The topological polar surface area (TPSA) is 55.4 Å². The van der Waals surface area contributed by atoms with Crippen molar-refractivity contribution in [3.63, 3.8) is 0 Å². The van der Waals surface area contributed by atoms with Gasteiger partial charge in [0.25, 0.3) is 5.91 Å². The van der Waals surface area contributed by atoms with E-state index in [4.69, 9.17) is 27.9 Å². The highest BCUT2D eigenvalue weighted by molar-refractivity contribution is 6.42. The number of rotatable bonds is 6. The summed E-state index contributed by atoms with van der Waals surface area (Å²) in [5, 5.41) is 3.47. The summed E-state index contributed by atoms with van der Waals surface area (Å²) in [5.41, 5.74) is 2.69. The third kappa shape index (κ3) is 5.12. The van der Waals surface area contributed by atoms with Crippen molar-refractivity contribution >= 4 is 40.6 Å². The van der Waals surface area contributed by atoms with E-state index in [2.05, 4.69) is 5.32 Å². The molecule has 28 heavy (non-hydrogen) atoms. The lowest BCUT2D eigenvalue weighted by atomic mass is 10.1. The quantitative estimate of drug-likeness (QED) is 0.518. The summed E-state index contributed by atoms with van der Waals surface area (Å²) in [6.07, 6.45) is 0. The van der Waals surface area contributed by atoms with Crippen LogP contribution in [0.25, 0.3) is 0 Å². The van der Waals surface area contributed by atoms with Crippen LogP contribution in [0.1, 0.15) is 26.3 Å². The fourth-order valence-corrected chi connectivity index (χ4v) is 2.74. The highest BCUT2D eigenvalue weighted by Crippen LogP contribution is 2.23. The fraction of sp³-hybridized carbons (Fsp3) is 0.0909. The Kier molecular flexibility index (Phi) is 6.34. The van der Waals surface area contributed by atoms with Gasteiger partial charge in [-0.05, 0) is 49.4 Å². The van der Waals surface area contributed by atoms with E-state index >= 15 is 0 Å². The minimum absolute atomic E-state index is 0.0575. The van der Waals surface area contributed by atoms with Crippen LogP contribution in [0, 0.1) is 6.92 Å².